The molecule has 17 heavy (non-hydrogen) atoms. The summed E-state index contributed by atoms with van der Waals surface area (Å²) < 4.78 is 0. The molecule has 0 saturated carbocycles. The van der Waals surface area contributed by atoms with Crippen LogP contribution in [0.15, 0.2) is 18.2 Å². The first-order valence-corrected chi connectivity index (χ1v) is 4.62. The fourth-order valence-corrected chi connectivity index (χ4v) is 1.71. The van der Waals surface area contributed by atoms with Crippen molar-refractivity contribution in [3.63, 3.8) is 0 Å². The Morgan fingerprint density at radius 2 is 1.59 bits per heavy atom. The van der Waals surface area contributed by atoms with Gasteiger partial charge in [0.1, 0.15) is 11.5 Å². The Morgan fingerprint density at radius 3 is 2.18 bits per heavy atom. The van der Waals surface area contributed by atoms with Crippen LogP contribution in [0.2, 0.25) is 0 Å². The topological polar surface area (TPSA) is 75.2 Å². The van der Waals surface area contributed by atoms with E-state index in [9.17, 15) is 10.2 Å². The van der Waals surface area contributed by atoms with Gasteiger partial charge in [0.15, 0.2) is 0 Å². The van der Waals surface area contributed by atoms with Gasteiger partial charge in [-0.2, -0.15) is 0 Å². The molecule has 0 fully saturated rings. The zero-order chi connectivity index (χ0) is 12.6. The molecule has 0 aliphatic carbocycles. The number of nitrogen functional groups attached to an aromatic ring is 1. The van der Waals surface area contributed by atoms with Gasteiger partial charge in [-0.15, -0.1) is 0 Å². The average molecular weight is 225 g/mol. The number of aromatic hydroxyl groups is 2. The molecular formula is C12H7N3O2. The Balaban J connectivity index is 3.14. The lowest BCUT2D eigenvalue weighted by molar-refractivity contribution is 0.474. The quantitative estimate of drug-likeness (QED) is 0.366. The molecule has 2 aromatic rings. The first-order valence-electron chi connectivity index (χ1n) is 4.62. The zero-order valence-electron chi connectivity index (χ0n) is 8.60. The Hall–Kier alpha value is -2.92. The summed E-state index contributed by atoms with van der Waals surface area (Å²) in [7, 11) is 0. The maximum atomic E-state index is 9.92. The van der Waals surface area contributed by atoms with Crippen molar-refractivity contribution in [3.8, 4) is 11.5 Å². The molecule has 5 nitrogen and oxygen atoms in total. The third-order valence-corrected chi connectivity index (χ3v) is 2.49. The first kappa shape index (κ1) is 10.6. The maximum Gasteiger partial charge on any atom is 0.239 e. The number of rotatable bonds is 0. The SMILES string of the molecule is [C-]#[N+]c1c([N+]#[C-])c(O)c2c(N)cccc2c1O. The Labute approximate surface area is 97.0 Å². The molecule has 0 aliphatic rings. The van der Waals surface area contributed by atoms with E-state index in [1.54, 1.807) is 12.1 Å². The third-order valence-electron chi connectivity index (χ3n) is 2.49. The lowest BCUT2D eigenvalue weighted by Crippen LogP contribution is -1.87. The van der Waals surface area contributed by atoms with Crippen molar-refractivity contribution < 1.29 is 10.2 Å². The summed E-state index contributed by atoms with van der Waals surface area (Å²) in [5.41, 5.74) is 5.41. The van der Waals surface area contributed by atoms with E-state index in [4.69, 9.17) is 18.9 Å². The Kier molecular flexibility index (Phi) is 2.23. The normalized spacial score (nSPS) is 9.76. The molecule has 0 aromatic heterocycles. The van der Waals surface area contributed by atoms with Crippen molar-refractivity contribution in [2.75, 3.05) is 5.73 Å². The molecule has 0 unspecified atom stereocenters. The second-order valence-electron chi connectivity index (χ2n) is 3.39. The van der Waals surface area contributed by atoms with E-state index in [2.05, 4.69) is 9.69 Å². The second-order valence-corrected chi connectivity index (χ2v) is 3.39. The number of nitrogens with two attached hydrogens (primary N) is 1. The molecule has 0 saturated heterocycles. The molecule has 2 rings (SSSR count). The minimum absolute atomic E-state index is 0.198. The summed E-state index contributed by atoms with van der Waals surface area (Å²) in [4.78, 5) is 6.13. The zero-order valence-corrected chi connectivity index (χ0v) is 8.60. The van der Waals surface area contributed by atoms with Crippen LogP contribution >= 0.6 is 0 Å². The van der Waals surface area contributed by atoms with Crippen LogP contribution in [0.4, 0.5) is 17.1 Å². The van der Waals surface area contributed by atoms with Gasteiger partial charge in [-0.3, -0.25) is 0 Å². The molecule has 0 atom stereocenters. The highest BCUT2D eigenvalue weighted by atomic mass is 16.3. The van der Waals surface area contributed by atoms with Crippen molar-refractivity contribution in [1.82, 2.24) is 0 Å². The number of hydrogen-bond acceptors (Lipinski definition) is 3. The van der Waals surface area contributed by atoms with Gasteiger partial charge in [-0.1, -0.05) is 12.1 Å². The Morgan fingerprint density at radius 1 is 1.00 bits per heavy atom. The van der Waals surface area contributed by atoms with Gasteiger partial charge in [-0.25, -0.2) is 9.69 Å². The summed E-state index contributed by atoms with van der Waals surface area (Å²) in [6.45, 7) is 13.9. The van der Waals surface area contributed by atoms with Crippen LogP contribution in [0.25, 0.3) is 20.5 Å². The number of phenolic OH excluding ortho intramolecular Hbond substituents is 2. The number of benzene rings is 2. The highest BCUT2D eigenvalue weighted by Crippen LogP contribution is 2.51. The van der Waals surface area contributed by atoms with Crippen LogP contribution in [-0.4, -0.2) is 10.2 Å². The van der Waals surface area contributed by atoms with Crippen LogP contribution < -0.4 is 5.73 Å². The molecule has 2 aromatic carbocycles. The third kappa shape index (κ3) is 1.30. The van der Waals surface area contributed by atoms with Crippen molar-refractivity contribution >= 4 is 27.8 Å². The average Bonchev–Trinajstić information content (AvgIpc) is 2.33. The molecule has 82 valence electrons. The van der Waals surface area contributed by atoms with E-state index < -0.39 is 0 Å². The fourth-order valence-electron chi connectivity index (χ4n) is 1.71. The van der Waals surface area contributed by atoms with Crippen LogP contribution in [0.1, 0.15) is 0 Å². The summed E-state index contributed by atoms with van der Waals surface area (Å²) in [6.07, 6.45) is 0. The predicted molar refractivity (Wildman–Crippen MR) is 64.2 cm³/mol. The largest absolute Gasteiger partial charge is 0.520 e. The first-order chi connectivity index (χ1) is 8.11. The van der Waals surface area contributed by atoms with E-state index in [0.29, 0.717) is 0 Å². The number of hydrogen-bond donors (Lipinski definition) is 3. The van der Waals surface area contributed by atoms with E-state index in [0.717, 1.165) is 0 Å². The molecule has 0 amide bonds. The number of nitrogens with zero attached hydrogens (tertiary/aromatic N) is 2. The number of fused-ring (bicyclic) bond motifs is 1. The lowest BCUT2D eigenvalue weighted by atomic mass is 10.0. The van der Waals surface area contributed by atoms with Crippen molar-refractivity contribution in [1.29, 1.82) is 0 Å². The van der Waals surface area contributed by atoms with E-state index >= 15 is 0 Å². The van der Waals surface area contributed by atoms with Gasteiger partial charge in [0.2, 0.25) is 11.4 Å². The predicted octanol–water partition coefficient (Wildman–Crippen LogP) is 2.93. The fraction of sp³-hybridized carbons (Fsp3) is 0. The van der Waals surface area contributed by atoms with Gasteiger partial charge in [0, 0.05) is 16.5 Å². The summed E-state index contributed by atoms with van der Waals surface area (Å²) >= 11 is 0. The van der Waals surface area contributed by atoms with Crippen molar-refractivity contribution in [2.24, 2.45) is 0 Å². The van der Waals surface area contributed by atoms with E-state index in [-0.39, 0.29) is 39.3 Å². The molecule has 0 aliphatic heterocycles. The van der Waals surface area contributed by atoms with Gasteiger partial charge in [0.25, 0.3) is 0 Å². The lowest BCUT2D eigenvalue weighted by Gasteiger charge is -2.10. The van der Waals surface area contributed by atoms with Crippen LogP contribution in [0, 0.1) is 13.1 Å². The summed E-state index contributed by atoms with van der Waals surface area (Å²) in [6, 6.07) is 4.68. The second kappa shape index (κ2) is 3.58. The molecule has 0 spiro atoms. The highest BCUT2D eigenvalue weighted by Gasteiger charge is 2.20. The molecular weight excluding hydrogens is 218 g/mol. The number of phenols is 2. The van der Waals surface area contributed by atoms with Crippen molar-refractivity contribution in [3.05, 3.63) is 41.0 Å². The monoisotopic (exact) mass is 225 g/mol. The smallest absolute Gasteiger partial charge is 0.239 e. The summed E-state index contributed by atoms with van der Waals surface area (Å²) in [5.74, 6) is -0.692. The maximum absolute atomic E-state index is 9.92. The Bertz CT molecular complexity index is 708. The minimum atomic E-state index is -0.364. The molecule has 0 heterocycles. The number of anilines is 1. The highest BCUT2D eigenvalue weighted by molar-refractivity contribution is 6.10. The van der Waals surface area contributed by atoms with Gasteiger partial charge in [0.05, 0.1) is 13.1 Å². The van der Waals surface area contributed by atoms with E-state index in [1.165, 1.54) is 6.07 Å². The molecule has 0 bridgehead atoms. The van der Waals surface area contributed by atoms with Crippen molar-refractivity contribution in [2.45, 2.75) is 0 Å². The minimum Gasteiger partial charge on any atom is -0.520 e. The van der Waals surface area contributed by atoms with Crippen LogP contribution in [0.5, 0.6) is 11.5 Å². The van der Waals surface area contributed by atoms with Gasteiger partial charge < -0.3 is 15.9 Å². The van der Waals surface area contributed by atoms with Crippen LogP contribution in [0.3, 0.4) is 0 Å². The van der Waals surface area contributed by atoms with E-state index in [1.807, 2.05) is 0 Å². The summed E-state index contributed by atoms with van der Waals surface area (Å²) in [5, 5.41) is 20.3. The molecule has 4 N–H and O–H groups in total. The molecule has 5 heteroatoms. The van der Waals surface area contributed by atoms with Gasteiger partial charge in [-0.05, 0) is 6.07 Å². The standard InChI is InChI=1S/C12H7N3O2/c1-14-9-10(15-2)12(17)8-6(11(9)16)4-3-5-7(8)13/h3-5,16-17H,13H2. The van der Waals surface area contributed by atoms with Crippen LogP contribution in [-0.2, 0) is 0 Å². The van der Waals surface area contributed by atoms with Gasteiger partial charge >= 0.3 is 0 Å². The molecule has 0 radical (unpaired) electrons.